The zero-order valence-corrected chi connectivity index (χ0v) is 11.1. The van der Waals surface area contributed by atoms with Crippen LogP contribution in [-0.2, 0) is 11.3 Å². The Balaban J connectivity index is 2.27. The molecule has 1 aromatic heterocycles. The molecule has 0 unspecified atom stereocenters. The molecular weight excluding hydrogens is 246 g/mol. The first-order valence-electron chi connectivity index (χ1n) is 6.30. The van der Waals surface area contributed by atoms with Crippen molar-refractivity contribution in [2.75, 3.05) is 13.2 Å². The quantitative estimate of drug-likeness (QED) is 0.769. The summed E-state index contributed by atoms with van der Waals surface area (Å²) >= 11 is 0. The fourth-order valence-corrected chi connectivity index (χ4v) is 1.86. The van der Waals surface area contributed by atoms with Crippen LogP contribution in [-0.4, -0.2) is 17.8 Å². The lowest BCUT2D eigenvalue weighted by molar-refractivity contribution is 0.102. The predicted octanol–water partition coefficient (Wildman–Crippen LogP) is 1.63. The summed E-state index contributed by atoms with van der Waals surface area (Å²) in [7, 11) is 0. The SMILES string of the molecule is CC(C)COCCn1c(=O)oc(=O)c2ccccc21. The third kappa shape index (κ3) is 3.12. The Hall–Kier alpha value is -1.88. The molecule has 1 heterocycles. The lowest BCUT2D eigenvalue weighted by Gasteiger charge is -2.10. The fraction of sp³-hybridized carbons (Fsp3) is 0.429. The van der Waals surface area contributed by atoms with E-state index in [-0.39, 0.29) is 0 Å². The van der Waals surface area contributed by atoms with Crippen molar-refractivity contribution in [3.63, 3.8) is 0 Å². The van der Waals surface area contributed by atoms with Crippen LogP contribution in [0.15, 0.2) is 38.3 Å². The minimum Gasteiger partial charge on any atom is -0.379 e. The van der Waals surface area contributed by atoms with Crippen LogP contribution in [0.2, 0.25) is 0 Å². The first-order chi connectivity index (χ1) is 9.09. The lowest BCUT2D eigenvalue weighted by Crippen LogP contribution is -2.26. The largest absolute Gasteiger partial charge is 0.422 e. The Morgan fingerprint density at radius 2 is 2.00 bits per heavy atom. The van der Waals surface area contributed by atoms with Crippen molar-refractivity contribution in [2.45, 2.75) is 20.4 Å². The van der Waals surface area contributed by atoms with E-state index in [1.807, 2.05) is 0 Å². The number of rotatable bonds is 5. The van der Waals surface area contributed by atoms with E-state index in [0.29, 0.717) is 36.6 Å². The molecule has 0 fully saturated rings. The Kier molecular flexibility index (Phi) is 4.16. The van der Waals surface area contributed by atoms with Crippen LogP contribution < -0.4 is 11.4 Å². The normalized spacial score (nSPS) is 11.3. The summed E-state index contributed by atoms with van der Waals surface area (Å²) in [4.78, 5) is 23.3. The molecule has 5 nitrogen and oxygen atoms in total. The second-order valence-corrected chi connectivity index (χ2v) is 4.79. The maximum atomic E-state index is 11.7. The zero-order chi connectivity index (χ0) is 13.8. The van der Waals surface area contributed by atoms with E-state index >= 15 is 0 Å². The molecule has 0 N–H and O–H groups in total. The summed E-state index contributed by atoms with van der Waals surface area (Å²) < 4.78 is 11.6. The van der Waals surface area contributed by atoms with Crippen LogP contribution in [0.5, 0.6) is 0 Å². The molecule has 0 aliphatic rings. The number of ether oxygens (including phenoxy) is 1. The van der Waals surface area contributed by atoms with Crippen molar-refractivity contribution in [3.05, 3.63) is 45.2 Å². The first-order valence-corrected chi connectivity index (χ1v) is 6.30. The molecule has 102 valence electrons. The fourth-order valence-electron chi connectivity index (χ4n) is 1.86. The molecule has 0 aliphatic carbocycles. The molecule has 19 heavy (non-hydrogen) atoms. The van der Waals surface area contributed by atoms with Gasteiger partial charge in [0.2, 0.25) is 0 Å². The molecule has 0 saturated heterocycles. The second kappa shape index (κ2) is 5.84. The zero-order valence-electron chi connectivity index (χ0n) is 11.1. The monoisotopic (exact) mass is 263 g/mol. The summed E-state index contributed by atoms with van der Waals surface area (Å²) in [6.07, 6.45) is 0. The van der Waals surface area contributed by atoms with E-state index in [1.54, 1.807) is 24.3 Å². The van der Waals surface area contributed by atoms with Crippen LogP contribution >= 0.6 is 0 Å². The Labute approximate surface area is 110 Å². The highest BCUT2D eigenvalue weighted by Gasteiger charge is 2.08. The van der Waals surface area contributed by atoms with Crippen molar-refractivity contribution >= 4 is 10.9 Å². The molecule has 0 saturated carbocycles. The van der Waals surface area contributed by atoms with Crippen LogP contribution in [0, 0.1) is 5.92 Å². The molecule has 5 heteroatoms. The summed E-state index contributed by atoms with van der Waals surface area (Å²) in [5, 5.41) is 0.408. The van der Waals surface area contributed by atoms with E-state index in [2.05, 4.69) is 13.8 Å². The highest BCUT2D eigenvalue weighted by Crippen LogP contribution is 2.07. The van der Waals surface area contributed by atoms with E-state index in [9.17, 15) is 9.59 Å². The summed E-state index contributed by atoms with van der Waals surface area (Å²) in [6.45, 7) is 5.54. The van der Waals surface area contributed by atoms with Gasteiger partial charge in [0.1, 0.15) is 0 Å². The second-order valence-electron chi connectivity index (χ2n) is 4.79. The van der Waals surface area contributed by atoms with Gasteiger partial charge in [0.05, 0.1) is 24.1 Å². The minimum absolute atomic E-state index is 0.371. The van der Waals surface area contributed by atoms with E-state index in [0.717, 1.165) is 0 Å². The molecular formula is C14H17NO4. The summed E-state index contributed by atoms with van der Waals surface area (Å²) in [6, 6.07) is 6.90. The molecule has 0 bridgehead atoms. The number of aromatic nitrogens is 1. The van der Waals surface area contributed by atoms with Crippen molar-refractivity contribution in [3.8, 4) is 0 Å². The van der Waals surface area contributed by atoms with Crippen molar-refractivity contribution < 1.29 is 9.15 Å². The Morgan fingerprint density at radius 1 is 1.26 bits per heavy atom. The molecule has 0 atom stereocenters. The Morgan fingerprint density at radius 3 is 2.74 bits per heavy atom. The van der Waals surface area contributed by atoms with Gasteiger partial charge in [-0.1, -0.05) is 26.0 Å². The molecule has 0 radical (unpaired) electrons. The van der Waals surface area contributed by atoms with Gasteiger partial charge in [-0.15, -0.1) is 0 Å². The average Bonchev–Trinajstić information content (AvgIpc) is 2.37. The van der Waals surface area contributed by atoms with Gasteiger partial charge in [-0.3, -0.25) is 4.57 Å². The van der Waals surface area contributed by atoms with E-state index in [4.69, 9.17) is 9.15 Å². The number of para-hydroxylation sites is 1. The number of hydrogen-bond donors (Lipinski definition) is 0. The third-order valence-corrected chi connectivity index (χ3v) is 2.73. The number of benzene rings is 1. The van der Waals surface area contributed by atoms with Gasteiger partial charge in [-0.2, -0.15) is 0 Å². The Bertz CT molecular complexity index is 669. The van der Waals surface area contributed by atoms with Gasteiger partial charge in [0.25, 0.3) is 0 Å². The van der Waals surface area contributed by atoms with Crippen LogP contribution in [0.25, 0.3) is 10.9 Å². The van der Waals surface area contributed by atoms with E-state index in [1.165, 1.54) is 4.57 Å². The molecule has 1 aromatic carbocycles. The van der Waals surface area contributed by atoms with Crippen LogP contribution in [0.4, 0.5) is 0 Å². The molecule has 0 aliphatic heterocycles. The predicted molar refractivity (Wildman–Crippen MR) is 72.4 cm³/mol. The van der Waals surface area contributed by atoms with Gasteiger partial charge < -0.3 is 9.15 Å². The highest BCUT2D eigenvalue weighted by atomic mass is 16.5. The maximum absolute atomic E-state index is 11.7. The summed E-state index contributed by atoms with van der Waals surface area (Å²) in [5.74, 6) is -0.195. The molecule has 0 spiro atoms. The lowest BCUT2D eigenvalue weighted by atomic mass is 10.2. The molecule has 2 rings (SSSR count). The standard InChI is InChI=1S/C14H17NO4/c1-10(2)9-18-8-7-15-12-6-4-3-5-11(12)13(16)19-14(15)17/h3-6,10H,7-9H2,1-2H3. The minimum atomic E-state index is -0.642. The third-order valence-electron chi connectivity index (χ3n) is 2.73. The van der Waals surface area contributed by atoms with Gasteiger partial charge in [0, 0.05) is 6.61 Å². The maximum Gasteiger partial charge on any atom is 0.422 e. The van der Waals surface area contributed by atoms with Crippen molar-refractivity contribution in [1.29, 1.82) is 0 Å². The average molecular weight is 263 g/mol. The van der Waals surface area contributed by atoms with Crippen LogP contribution in [0.1, 0.15) is 13.8 Å². The topological polar surface area (TPSA) is 61.4 Å². The summed E-state index contributed by atoms with van der Waals surface area (Å²) in [5.41, 5.74) is -0.0168. The smallest absolute Gasteiger partial charge is 0.379 e. The number of hydrogen-bond acceptors (Lipinski definition) is 4. The van der Waals surface area contributed by atoms with Gasteiger partial charge >= 0.3 is 11.4 Å². The van der Waals surface area contributed by atoms with Crippen molar-refractivity contribution in [2.24, 2.45) is 5.92 Å². The number of nitrogens with zero attached hydrogens (tertiary/aromatic N) is 1. The molecule has 2 aromatic rings. The van der Waals surface area contributed by atoms with Crippen molar-refractivity contribution in [1.82, 2.24) is 4.57 Å². The van der Waals surface area contributed by atoms with Gasteiger partial charge in [-0.05, 0) is 18.1 Å². The van der Waals surface area contributed by atoms with Crippen LogP contribution in [0.3, 0.4) is 0 Å². The van der Waals surface area contributed by atoms with Gasteiger partial charge in [0.15, 0.2) is 0 Å². The number of fused-ring (bicyclic) bond motifs is 1. The highest BCUT2D eigenvalue weighted by molar-refractivity contribution is 5.77. The van der Waals surface area contributed by atoms with Gasteiger partial charge in [-0.25, -0.2) is 9.59 Å². The van der Waals surface area contributed by atoms with E-state index < -0.39 is 11.4 Å². The molecule has 0 amide bonds. The first kappa shape index (κ1) is 13.5.